The van der Waals surface area contributed by atoms with Gasteiger partial charge in [-0.1, -0.05) is 0 Å². The van der Waals surface area contributed by atoms with Crippen LogP contribution >= 0.6 is 0 Å². The minimum absolute atomic E-state index is 0.0346. The molecule has 0 saturated heterocycles. The highest BCUT2D eigenvalue weighted by Gasteiger charge is 2.42. The first kappa shape index (κ1) is 22.0. The van der Waals surface area contributed by atoms with Crippen LogP contribution in [0, 0.1) is 5.92 Å². The normalized spacial score (nSPS) is 21.0. The van der Waals surface area contributed by atoms with E-state index in [0.717, 1.165) is 29.3 Å². The van der Waals surface area contributed by atoms with E-state index in [-0.39, 0.29) is 11.5 Å². The average molecular weight is 434 g/mol. The van der Waals surface area contributed by atoms with Crippen molar-refractivity contribution in [3.05, 3.63) is 53.5 Å². The Labute approximate surface area is 166 Å². The van der Waals surface area contributed by atoms with Crippen LogP contribution < -0.4 is 5.01 Å². The minimum atomic E-state index is -4.56. The molecule has 6 nitrogen and oxygen atoms in total. The fraction of sp³-hybridized carbons (Fsp3) is 0.389. The molecule has 0 spiro atoms. The Hall–Kier alpha value is -2.73. The van der Waals surface area contributed by atoms with Crippen molar-refractivity contribution in [3.63, 3.8) is 0 Å². The number of hydrogen-bond donors (Lipinski definition) is 1. The molecule has 0 radical (unpaired) electrons. The number of hydrogen-bond acceptors (Lipinski definition) is 6. The van der Waals surface area contributed by atoms with E-state index in [1.165, 1.54) is 7.11 Å². The first-order chi connectivity index (χ1) is 13.9. The van der Waals surface area contributed by atoms with Crippen LogP contribution in [0.5, 0.6) is 0 Å². The van der Waals surface area contributed by atoms with Crippen LogP contribution in [0.25, 0.3) is 0 Å². The number of aromatic nitrogens is 2. The predicted octanol–water partition coefficient (Wildman–Crippen LogP) is 4.03. The zero-order valence-corrected chi connectivity index (χ0v) is 15.6. The zero-order chi connectivity index (χ0) is 22.3. The molecule has 0 saturated carbocycles. The molecule has 3 rings (SSSR count). The van der Waals surface area contributed by atoms with Crippen molar-refractivity contribution in [2.75, 3.05) is 12.1 Å². The van der Waals surface area contributed by atoms with E-state index in [2.05, 4.69) is 15.1 Å². The van der Waals surface area contributed by atoms with Gasteiger partial charge in [-0.15, -0.1) is 0 Å². The van der Waals surface area contributed by atoms with E-state index >= 15 is 0 Å². The van der Waals surface area contributed by atoms with E-state index in [9.17, 15) is 31.4 Å². The number of halogens is 6. The number of aliphatic hydroxyl groups is 1. The van der Waals surface area contributed by atoms with Gasteiger partial charge in [-0.3, -0.25) is 4.98 Å². The highest BCUT2D eigenvalue weighted by Crippen LogP contribution is 2.37. The number of ether oxygens (including phenoxy) is 1. The summed E-state index contributed by atoms with van der Waals surface area (Å²) in [7, 11) is 1.29. The van der Waals surface area contributed by atoms with Gasteiger partial charge in [0.05, 0.1) is 22.7 Å². The summed E-state index contributed by atoms with van der Waals surface area (Å²) in [5, 5.41) is 15.9. The number of hydrazone groups is 1. The molecule has 3 heterocycles. The lowest BCUT2D eigenvalue weighted by Crippen LogP contribution is -2.37. The fourth-order valence-corrected chi connectivity index (χ4v) is 3.11. The molecule has 0 amide bonds. The summed E-state index contributed by atoms with van der Waals surface area (Å²) in [6, 6.07) is 3.84. The average Bonchev–Trinajstić information content (AvgIpc) is 2.96. The van der Waals surface area contributed by atoms with Crippen molar-refractivity contribution in [2.24, 2.45) is 11.0 Å². The molecule has 0 aliphatic carbocycles. The highest BCUT2D eigenvalue weighted by molar-refractivity contribution is 5.89. The van der Waals surface area contributed by atoms with E-state index in [1.54, 1.807) is 6.92 Å². The summed E-state index contributed by atoms with van der Waals surface area (Å²) in [5.74, 6) is -0.879. The molecule has 162 valence electrons. The second-order valence-electron chi connectivity index (χ2n) is 6.55. The summed E-state index contributed by atoms with van der Waals surface area (Å²) >= 11 is 0. The van der Waals surface area contributed by atoms with Crippen LogP contribution in [-0.4, -0.2) is 34.1 Å². The zero-order valence-electron chi connectivity index (χ0n) is 15.6. The molecule has 1 aliphatic heterocycles. The van der Waals surface area contributed by atoms with Gasteiger partial charge >= 0.3 is 12.4 Å². The molecule has 3 unspecified atom stereocenters. The summed E-state index contributed by atoms with van der Waals surface area (Å²) in [6.07, 6.45) is -10.2. The Balaban J connectivity index is 1.85. The van der Waals surface area contributed by atoms with Gasteiger partial charge in [-0.25, -0.2) is 9.99 Å². The van der Waals surface area contributed by atoms with Crippen molar-refractivity contribution in [1.82, 2.24) is 9.97 Å². The van der Waals surface area contributed by atoms with Crippen molar-refractivity contribution >= 4 is 11.5 Å². The van der Waals surface area contributed by atoms with Gasteiger partial charge < -0.3 is 9.84 Å². The summed E-state index contributed by atoms with van der Waals surface area (Å²) in [6.45, 7) is 1.55. The number of alkyl halides is 6. The van der Waals surface area contributed by atoms with E-state index in [4.69, 9.17) is 4.74 Å². The number of pyridine rings is 2. The molecule has 12 heteroatoms. The molecule has 0 aromatic carbocycles. The van der Waals surface area contributed by atoms with Crippen LogP contribution in [-0.2, 0) is 17.1 Å². The molecule has 0 fully saturated rings. The van der Waals surface area contributed by atoms with E-state index in [1.807, 2.05) is 0 Å². The minimum Gasteiger partial charge on any atom is -0.374 e. The largest absolute Gasteiger partial charge is 0.417 e. The second-order valence-corrected chi connectivity index (χ2v) is 6.55. The van der Waals surface area contributed by atoms with Crippen molar-refractivity contribution in [3.8, 4) is 0 Å². The van der Waals surface area contributed by atoms with Crippen LogP contribution in [0.15, 0.2) is 41.8 Å². The Kier molecular flexibility index (Phi) is 5.74. The third kappa shape index (κ3) is 4.24. The van der Waals surface area contributed by atoms with Crippen LogP contribution in [0.3, 0.4) is 0 Å². The number of aliphatic hydroxyl groups excluding tert-OH is 1. The summed E-state index contributed by atoms with van der Waals surface area (Å²) in [5.41, 5.74) is -1.42. The Bertz CT molecular complexity index is 912. The lowest BCUT2D eigenvalue weighted by molar-refractivity contribution is -0.138. The quantitative estimate of drug-likeness (QED) is 0.736. The molecule has 2 aromatic rings. The van der Waals surface area contributed by atoms with E-state index in [0.29, 0.717) is 18.1 Å². The van der Waals surface area contributed by atoms with Gasteiger partial charge in [-0.05, 0) is 31.2 Å². The summed E-state index contributed by atoms with van der Waals surface area (Å²) in [4.78, 5) is 7.50. The van der Waals surface area contributed by atoms with Gasteiger partial charge in [0, 0.05) is 25.2 Å². The van der Waals surface area contributed by atoms with Gasteiger partial charge in [0.25, 0.3) is 0 Å². The van der Waals surface area contributed by atoms with Gasteiger partial charge in [0.2, 0.25) is 0 Å². The van der Waals surface area contributed by atoms with Gasteiger partial charge in [-0.2, -0.15) is 31.4 Å². The number of anilines is 1. The van der Waals surface area contributed by atoms with Crippen LogP contribution in [0.2, 0.25) is 0 Å². The molecule has 1 N–H and O–H groups in total. The van der Waals surface area contributed by atoms with Crippen molar-refractivity contribution < 1.29 is 36.2 Å². The third-order valence-corrected chi connectivity index (χ3v) is 4.61. The Morgan fingerprint density at radius 2 is 1.53 bits per heavy atom. The van der Waals surface area contributed by atoms with Gasteiger partial charge in [0.1, 0.15) is 6.10 Å². The Morgan fingerprint density at radius 1 is 0.967 bits per heavy atom. The van der Waals surface area contributed by atoms with Crippen LogP contribution in [0.1, 0.15) is 29.8 Å². The maximum atomic E-state index is 12.8. The molecular formula is C18H16F6N4O2. The van der Waals surface area contributed by atoms with Gasteiger partial charge in [0.15, 0.2) is 12.0 Å². The molecular weight excluding hydrogens is 418 g/mol. The van der Waals surface area contributed by atoms with Crippen LogP contribution in [0.4, 0.5) is 32.2 Å². The smallest absolute Gasteiger partial charge is 0.374 e. The summed E-state index contributed by atoms with van der Waals surface area (Å²) < 4.78 is 81.8. The monoisotopic (exact) mass is 434 g/mol. The molecule has 1 aliphatic rings. The third-order valence-electron chi connectivity index (χ3n) is 4.61. The lowest BCUT2D eigenvalue weighted by atomic mass is 9.93. The Morgan fingerprint density at radius 3 is 1.97 bits per heavy atom. The predicted molar refractivity (Wildman–Crippen MR) is 93.3 cm³/mol. The molecule has 0 bridgehead atoms. The molecule has 3 atom stereocenters. The first-order valence-electron chi connectivity index (χ1n) is 8.55. The SMILES string of the molecule is COC(c1ccc(C(F)(F)F)cn1)C1C(C)=NN(c2ccc(C(F)(F)F)cn2)C1O. The maximum Gasteiger partial charge on any atom is 0.417 e. The van der Waals surface area contributed by atoms with E-state index < -0.39 is 41.7 Å². The van der Waals surface area contributed by atoms with Crippen molar-refractivity contribution in [2.45, 2.75) is 31.6 Å². The maximum absolute atomic E-state index is 12.8. The molecule has 30 heavy (non-hydrogen) atoms. The number of rotatable bonds is 4. The fourth-order valence-electron chi connectivity index (χ4n) is 3.11. The standard InChI is InChI=1S/C18H16F6N4O2/c1-9-14(15(30-2)12-5-3-10(7-25-12)17(19,20)21)16(29)28(27-9)13-6-4-11(8-26-13)18(22,23)24/h3-8,14-16,29H,1-2H3. The topological polar surface area (TPSA) is 70.8 Å². The number of nitrogens with zero attached hydrogens (tertiary/aromatic N) is 4. The van der Waals surface area contributed by atoms with Crippen molar-refractivity contribution in [1.29, 1.82) is 0 Å². The first-order valence-corrected chi connectivity index (χ1v) is 8.55. The second kappa shape index (κ2) is 7.84. The molecule has 2 aromatic heterocycles. The lowest BCUT2D eigenvalue weighted by Gasteiger charge is -2.27. The number of methoxy groups -OCH3 is 1. The highest BCUT2D eigenvalue weighted by atomic mass is 19.4.